The summed E-state index contributed by atoms with van der Waals surface area (Å²) in [5.41, 5.74) is 0.0646. The van der Waals surface area contributed by atoms with Crippen LogP contribution < -0.4 is 10.6 Å². The van der Waals surface area contributed by atoms with Crippen molar-refractivity contribution in [3.05, 3.63) is 17.5 Å². The number of tetrazole rings is 1. The Balaban J connectivity index is 1.42. The highest BCUT2D eigenvalue weighted by Gasteiger charge is 2.56. The van der Waals surface area contributed by atoms with E-state index in [2.05, 4.69) is 31.3 Å². The second kappa shape index (κ2) is 5.26. The molecule has 128 valence electrons. The highest BCUT2D eigenvalue weighted by atomic mass is 16.5. The van der Waals surface area contributed by atoms with Gasteiger partial charge >= 0.3 is 0 Å². The minimum Gasteiger partial charge on any atom is -0.371 e. The maximum Gasteiger partial charge on any atom is 0.290 e. The molecule has 2 N–H and O–H groups in total. The second-order valence-corrected chi connectivity index (χ2v) is 6.70. The average Bonchev–Trinajstić information content (AvgIpc) is 3.30. The van der Waals surface area contributed by atoms with Crippen LogP contribution >= 0.6 is 0 Å². The van der Waals surface area contributed by atoms with Gasteiger partial charge in [-0.25, -0.2) is 4.68 Å². The molecular weight excluding hydrogens is 314 g/mol. The molecule has 1 amide bonds. The molecule has 2 aliphatic rings. The van der Waals surface area contributed by atoms with Crippen LogP contribution in [0.25, 0.3) is 0 Å². The summed E-state index contributed by atoms with van der Waals surface area (Å²) in [5.74, 6) is 0.618. The summed E-state index contributed by atoms with van der Waals surface area (Å²) in [6.07, 6.45) is 4.01. The highest BCUT2D eigenvalue weighted by Crippen LogP contribution is 2.47. The summed E-state index contributed by atoms with van der Waals surface area (Å²) < 4.78 is 12.6. The predicted octanol–water partition coefficient (Wildman–Crippen LogP) is 0.0401. The summed E-state index contributed by atoms with van der Waals surface area (Å²) >= 11 is 0. The SMILES string of the molecule is Cc1cnoc1C(=O)NC12CCC(CNc3nnnn3C)(C1)OC2. The number of anilines is 1. The first-order valence-electron chi connectivity index (χ1n) is 7.85. The van der Waals surface area contributed by atoms with E-state index in [0.717, 1.165) is 24.8 Å². The third-order valence-electron chi connectivity index (χ3n) is 4.90. The zero-order valence-electron chi connectivity index (χ0n) is 13.6. The molecule has 3 heterocycles. The molecule has 1 saturated carbocycles. The van der Waals surface area contributed by atoms with Crippen LogP contribution in [0.4, 0.5) is 5.95 Å². The number of aromatic nitrogens is 5. The molecule has 0 radical (unpaired) electrons. The normalized spacial score (nSPS) is 28.2. The molecule has 4 rings (SSSR count). The summed E-state index contributed by atoms with van der Waals surface area (Å²) in [4.78, 5) is 12.4. The van der Waals surface area contributed by atoms with Crippen LogP contribution in [0.1, 0.15) is 35.4 Å². The average molecular weight is 333 g/mol. The highest BCUT2D eigenvalue weighted by molar-refractivity contribution is 5.93. The lowest BCUT2D eigenvalue weighted by Crippen LogP contribution is -2.48. The number of amides is 1. The Kier molecular flexibility index (Phi) is 3.30. The molecule has 10 heteroatoms. The Hall–Kier alpha value is -2.49. The lowest BCUT2D eigenvalue weighted by atomic mass is 9.98. The monoisotopic (exact) mass is 333 g/mol. The lowest BCUT2D eigenvalue weighted by molar-refractivity contribution is -0.0126. The van der Waals surface area contributed by atoms with Crippen LogP contribution in [-0.4, -0.2) is 55.6 Å². The molecule has 24 heavy (non-hydrogen) atoms. The zero-order valence-corrected chi connectivity index (χ0v) is 13.6. The Morgan fingerprint density at radius 2 is 2.33 bits per heavy atom. The molecule has 10 nitrogen and oxygen atoms in total. The summed E-state index contributed by atoms with van der Waals surface area (Å²) in [5, 5.41) is 21.3. The number of hydrogen-bond donors (Lipinski definition) is 2. The number of fused-ring (bicyclic) bond motifs is 2. The van der Waals surface area contributed by atoms with Crippen molar-refractivity contribution in [3.8, 4) is 0 Å². The number of carbonyl (C=O) groups is 1. The second-order valence-electron chi connectivity index (χ2n) is 6.70. The molecule has 0 aromatic carbocycles. The van der Waals surface area contributed by atoms with E-state index in [1.54, 1.807) is 18.7 Å². The number of aryl methyl sites for hydroxylation is 2. The first-order valence-corrected chi connectivity index (χ1v) is 7.85. The van der Waals surface area contributed by atoms with E-state index in [1.165, 1.54) is 6.20 Å². The van der Waals surface area contributed by atoms with Crippen molar-refractivity contribution in [2.75, 3.05) is 18.5 Å². The number of nitrogens with zero attached hydrogens (tertiary/aromatic N) is 5. The van der Waals surface area contributed by atoms with Gasteiger partial charge in [-0.15, -0.1) is 0 Å². The molecule has 1 aliphatic heterocycles. The molecule has 1 aliphatic carbocycles. The molecule has 2 aromatic heterocycles. The lowest BCUT2D eigenvalue weighted by Gasteiger charge is -2.28. The van der Waals surface area contributed by atoms with Gasteiger partial charge < -0.3 is 19.9 Å². The fraction of sp³-hybridized carbons (Fsp3) is 0.643. The van der Waals surface area contributed by atoms with E-state index < -0.39 is 0 Å². The fourth-order valence-electron chi connectivity index (χ4n) is 3.57. The molecule has 2 aromatic rings. The Bertz CT molecular complexity index is 760. The summed E-state index contributed by atoms with van der Waals surface area (Å²) in [6.45, 7) is 2.89. The standard InChI is InChI=1S/C14H19N7O3/c1-9-5-16-24-10(9)11(22)17-13-3-4-14(6-13,23-8-13)7-15-12-18-19-20-21(12)2/h5H,3-4,6-8H2,1-2H3,(H,17,22)(H,15,18,20). The van der Waals surface area contributed by atoms with Crippen LogP contribution in [0.3, 0.4) is 0 Å². The number of nitrogens with one attached hydrogen (secondary N) is 2. The van der Waals surface area contributed by atoms with Crippen molar-refractivity contribution in [3.63, 3.8) is 0 Å². The van der Waals surface area contributed by atoms with Crippen LogP contribution in [0.15, 0.2) is 10.7 Å². The first kappa shape index (κ1) is 15.1. The number of hydrogen-bond acceptors (Lipinski definition) is 8. The first-order chi connectivity index (χ1) is 11.5. The molecule has 2 bridgehead atoms. The van der Waals surface area contributed by atoms with Crippen molar-refractivity contribution in [2.45, 2.75) is 37.3 Å². The van der Waals surface area contributed by atoms with Crippen molar-refractivity contribution >= 4 is 11.9 Å². The van der Waals surface area contributed by atoms with Crippen LogP contribution in [0.2, 0.25) is 0 Å². The van der Waals surface area contributed by atoms with E-state index in [0.29, 0.717) is 19.1 Å². The maximum absolute atomic E-state index is 12.4. The zero-order chi connectivity index (χ0) is 16.8. The Morgan fingerprint density at radius 1 is 1.46 bits per heavy atom. The molecule has 1 saturated heterocycles. The summed E-state index contributed by atoms with van der Waals surface area (Å²) in [7, 11) is 1.77. The van der Waals surface area contributed by atoms with Gasteiger partial charge in [-0.3, -0.25) is 4.79 Å². The van der Waals surface area contributed by atoms with E-state index >= 15 is 0 Å². The topological polar surface area (TPSA) is 120 Å². The number of rotatable bonds is 5. The van der Waals surface area contributed by atoms with E-state index in [1.807, 2.05) is 0 Å². The Labute approximate surface area is 137 Å². The van der Waals surface area contributed by atoms with Gasteiger partial charge in [0.2, 0.25) is 11.7 Å². The quantitative estimate of drug-likeness (QED) is 0.787. The van der Waals surface area contributed by atoms with E-state index in [-0.39, 0.29) is 22.8 Å². The van der Waals surface area contributed by atoms with Crippen molar-refractivity contribution < 1.29 is 14.1 Å². The van der Waals surface area contributed by atoms with Gasteiger partial charge in [0.05, 0.1) is 23.9 Å². The Morgan fingerprint density at radius 3 is 2.96 bits per heavy atom. The van der Waals surface area contributed by atoms with Gasteiger partial charge in [0.1, 0.15) is 0 Å². The summed E-state index contributed by atoms with van der Waals surface area (Å²) in [6, 6.07) is 0. The van der Waals surface area contributed by atoms with Gasteiger partial charge in [0.15, 0.2) is 0 Å². The third kappa shape index (κ3) is 2.42. The van der Waals surface area contributed by atoms with Gasteiger partial charge in [-0.2, -0.15) is 0 Å². The van der Waals surface area contributed by atoms with Gasteiger partial charge in [0, 0.05) is 25.6 Å². The van der Waals surface area contributed by atoms with Crippen LogP contribution in [-0.2, 0) is 11.8 Å². The van der Waals surface area contributed by atoms with Gasteiger partial charge in [-0.05, 0) is 30.2 Å². The smallest absolute Gasteiger partial charge is 0.290 e. The molecule has 2 fully saturated rings. The van der Waals surface area contributed by atoms with Crippen LogP contribution in [0.5, 0.6) is 0 Å². The molecule has 0 spiro atoms. The molecule has 2 unspecified atom stereocenters. The molecular formula is C14H19N7O3. The largest absolute Gasteiger partial charge is 0.371 e. The van der Waals surface area contributed by atoms with Gasteiger partial charge in [0.25, 0.3) is 5.91 Å². The van der Waals surface area contributed by atoms with Crippen LogP contribution in [0, 0.1) is 6.92 Å². The molecule has 2 atom stereocenters. The van der Waals surface area contributed by atoms with Crippen molar-refractivity contribution in [2.24, 2.45) is 7.05 Å². The van der Waals surface area contributed by atoms with E-state index in [4.69, 9.17) is 9.26 Å². The van der Waals surface area contributed by atoms with E-state index in [9.17, 15) is 4.79 Å². The maximum atomic E-state index is 12.4. The number of ether oxygens (including phenoxy) is 1. The minimum absolute atomic E-state index is 0.239. The van der Waals surface area contributed by atoms with Crippen molar-refractivity contribution in [1.29, 1.82) is 0 Å². The van der Waals surface area contributed by atoms with Crippen molar-refractivity contribution in [1.82, 2.24) is 30.7 Å². The van der Waals surface area contributed by atoms with Gasteiger partial charge in [-0.1, -0.05) is 10.3 Å². The minimum atomic E-state index is -0.351. The number of carbonyl (C=O) groups excluding carboxylic acids is 1. The fourth-order valence-corrected chi connectivity index (χ4v) is 3.57. The third-order valence-corrected chi connectivity index (χ3v) is 4.90. The predicted molar refractivity (Wildman–Crippen MR) is 81.3 cm³/mol.